The fourth-order valence-electron chi connectivity index (χ4n) is 3.44. The first-order valence-corrected chi connectivity index (χ1v) is 10.0. The lowest BCUT2D eigenvalue weighted by Gasteiger charge is -2.33. The molecule has 0 bridgehead atoms. The minimum Gasteiger partial charge on any atom is -0.493 e. The number of aromatic nitrogens is 2. The molecule has 0 spiro atoms. The van der Waals surface area contributed by atoms with E-state index in [1.54, 1.807) is 17.0 Å². The van der Waals surface area contributed by atoms with Crippen molar-refractivity contribution in [2.24, 2.45) is 0 Å². The Kier molecular flexibility index (Phi) is 6.22. The van der Waals surface area contributed by atoms with Gasteiger partial charge in [-0.2, -0.15) is 4.98 Å². The van der Waals surface area contributed by atoms with E-state index in [1.807, 2.05) is 30.3 Å². The molecule has 4 rings (SSSR count). The van der Waals surface area contributed by atoms with Gasteiger partial charge in [-0.05, 0) is 55.7 Å². The topological polar surface area (TPSA) is 80.5 Å². The predicted octanol–water partition coefficient (Wildman–Crippen LogP) is 4.59. The molecule has 30 heavy (non-hydrogen) atoms. The first-order valence-electron chi connectivity index (χ1n) is 10.0. The Morgan fingerprint density at radius 1 is 1.17 bits per heavy atom. The molecule has 7 nitrogen and oxygen atoms in total. The number of para-hydroxylation sites is 1. The summed E-state index contributed by atoms with van der Waals surface area (Å²) in [7, 11) is 0. The van der Waals surface area contributed by atoms with Gasteiger partial charge in [0.05, 0.1) is 6.61 Å². The molecule has 1 saturated heterocycles. The molecule has 1 aliphatic rings. The van der Waals surface area contributed by atoms with E-state index < -0.39 is 0 Å². The summed E-state index contributed by atoms with van der Waals surface area (Å²) in [6, 6.07) is 14.8. The van der Waals surface area contributed by atoms with Crippen LogP contribution in [0.3, 0.4) is 0 Å². The van der Waals surface area contributed by atoms with E-state index in [-0.39, 0.29) is 17.9 Å². The van der Waals surface area contributed by atoms with Crippen LogP contribution in [-0.2, 0) is 6.42 Å². The molecule has 156 valence electrons. The lowest BCUT2D eigenvalue weighted by atomic mass is 10.0. The van der Waals surface area contributed by atoms with Crippen molar-refractivity contribution < 1.29 is 18.4 Å². The lowest BCUT2D eigenvalue weighted by molar-refractivity contribution is 0.142. The van der Waals surface area contributed by atoms with Crippen LogP contribution in [0, 0.1) is 5.82 Å². The van der Waals surface area contributed by atoms with Crippen LogP contribution in [0.15, 0.2) is 59.1 Å². The monoisotopic (exact) mass is 410 g/mol. The summed E-state index contributed by atoms with van der Waals surface area (Å²) in [5, 5.41) is 6.95. The molecule has 2 aromatic carbocycles. The van der Waals surface area contributed by atoms with Crippen LogP contribution in [-0.4, -0.2) is 34.2 Å². The standard InChI is InChI=1S/C22H23FN4O3/c23-16-9-11-18(12-10-16)29-15-13-20-25-21(30-26-20)19-8-4-5-14-27(19)22(28)24-17-6-2-1-3-7-17/h1-3,6-7,9-12,19H,4-5,8,13-15H2,(H,24,28). The number of piperidine rings is 1. The highest BCUT2D eigenvalue weighted by atomic mass is 19.1. The number of hydrogen-bond donors (Lipinski definition) is 1. The summed E-state index contributed by atoms with van der Waals surface area (Å²) in [6.07, 6.45) is 3.15. The Balaban J connectivity index is 1.36. The fraction of sp³-hybridized carbons (Fsp3) is 0.318. The summed E-state index contributed by atoms with van der Waals surface area (Å²) in [5.41, 5.74) is 0.746. The average molecular weight is 410 g/mol. The second kappa shape index (κ2) is 9.39. The average Bonchev–Trinajstić information content (AvgIpc) is 3.25. The van der Waals surface area contributed by atoms with Crippen LogP contribution >= 0.6 is 0 Å². The quantitative estimate of drug-likeness (QED) is 0.643. The van der Waals surface area contributed by atoms with E-state index in [1.165, 1.54) is 12.1 Å². The van der Waals surface area contributed by atoms with Crippen LogP contribution < -0.4 is 10.1 Å². The highest BCUT2D eigenvalue weighted by Crippen LogP contribution is 2.30. The molecule has 1 unspecified atom stereocenters. The Bertz CT molecular complexity index is 962. The maximum atomic E-state index is 12.9. The van der Waals surface area contributed by atoms with Gasteiger partial charge in [-0.15, -0.1) is 0 Å². The van der Waals surface area contributed by atoms with E-state index in [4.69, 9.17) is 9.26 Å². The molecule has 3 aromatic rings. The number of anilines is 1. The molecule has 8 heteroatoms. The Morgan fingerprint density at radius 3 is 2.77 bits per heavy atom. The van der Waals surface area contributed by atoms with E-state index in [9.17, 15) is 9.18 Å². The number of urea groups is 1. The number of hydrogen-bond acceptors (Lipinski definition) is 5. The molecule has 1 fully saturated rings. The van der Waals surface area contributed by atoms with Crippen molar-refractivity contribution in [3.8, 4) is 5.75 Å². The van der Waals surface area contributed by atoms with Crippen molar-refractivity contribution in [1.82, 2.24) is 15.0 Å². The van der Waals surface area contributed by atoms with Crippen LogP contribution in [0.1, 0.15) is 37.0 Å². The smallest absolute Gasteiger partial charge is 0.322 e. The number of carbonyl (C=O) groups excluding carboxylic acids is 1. The molecule has 2 heterocycles. The maximum absolute atomic E-state index is 12.9. The summed E-state index contributed by atoms with van der Waals surface area (Å²) in [6.45, 7) is 0.974. The van der Waals surface area contributed by atoms with Gasteiger partial charge in [-0.25, -0.2) is 9.18 Å². The van der Waals surface area contributed by atoms with Crippen molar-refractivity contribution in [1.29, 1.82) is 0 Å². The van der Waals surface area contributed by atoms with Gasteiger partial charge >= 0.3 is 6.03 Å². The highest BCUT2D eigenvalue weighted by Gasteiger charge is 2.32. The number of rotatable bonds is 6. The largest absolute Gasteiger partial charge is 0.493 e. The minimum atomic E-state index is -0.307. The zero-order valence-corrected chi connectivity index (χ0v) is 16.5. The minimum absolute atomic E-state index is 0.176. The Hall–Kier alpha value is -3.42. The van der Waals surface area contributed by atoms with Gasteiger partial charge in [0.15, 0.2) is 5.82 Å². The number of halogens is 1. The molecular formula is C22H23FN4O3. The van der Waals surface area contributed by atoms with Crippen LogP contribution in [0.5, 0.6) is 5.75 Å². The third-order valence-corrected chi connectivity index (χ3v) is 4.97. The number of carbonyl (C=O) groups is 1. The molecule has 0 saturated carbocycles. The SMILES string of the molecule is O=C(Nc1ccccc1)N1CCCCC1c1nc(CCOc2ccc(F)cc2)no1. The van der Waals surface area contributed by atoms with Crippen LogP contribution in [0.2, 0.25) is 0 Å². The molecular weight excluding hydrogens is 387 g/mol. The number of nitrogens with zero attached hydrogens (tertiary/aromatic N) is 3. The summed E-state index contributed by atoms with van der Waals surface area (Å²) in [5.74, 6) is 1.23. The summed E-state index contributed by atoms with van der Waals surface area (Å²) < 4.78 is 24.0. The molecule has 1 aromatic heterocycles. The van der Waals surface area contributed by atoms with E-state index in [2.05, 4.69) is 15.5 Å². The highest BCUT2D eigenvalue weighted by molar-refractivity contribution is 5.89. The second-order valence-electron chi connectivity index (χ2n) is 7.10. The van der Waals surface area contributed by atoms with Crippen molar-refractivity contribution >= 4 is 11.7 Å². The number of nitrogens with one attached hydrogen (secondary N) is 1. The number of benzene rings is 2. The van der Waals surface area contributed by atoms with Gasteiger partial charge in [0.1, 0.15) is 17.6 Å². The zero-order valence-electron chi connectivity index (χ0n) is 16.5. The van der Waals surface area contributed by atoms with Crippen molar-refractivity contribution in [3.63, 3.8) is 0 Å². The maximum Gasteiger partial charge on any atom is 0.322 e. The van der Waals surface area contributed by atoms with Gasteiger partial charge in [-0.1, -0.05) is 23.4 Å². The van der Waals surface area contributed by atoms with Crippen molar-refractivity contribution in [2.75, 3.05) is 18.5 Å². The number of likely N-dealkylation sites (tertiary alicyclic amines) is 1. The Labute approximate surface area is 173 Å². The summed E-state index contributed by atoms with van der Waals surface area (Å²) in [4.78, 5) is 19.0. The van der Waals surface area contributed by atoms with Crippen LogP contribution in [0.25, 0.3) is 0 Å². The predicted molar refractivity (Wildman–Crippen MR) is 109 cm³/mol. The van der Waals surface area contributed by atoms with Gasteiger partial charge in [0, 0.05) is 18.7 Å². The molecule has 1 aliphatic heterocycles. The van der Waals surface area contributed by atoms with Crippen molar-refractivity contribution in [3.05, 3.63) is 72.1 Å². The Morgan fingerprint density at radius 2 is 1.97 bits per heavy atom. The number of amides is 2. The molecule has 2 amide bonds. The second-order valence-corrected chi connectivity index (χ2v) is 7.10. The van der Waals surface area contributed by atoms with Crippen molar-refractivity contribution in [2.45, 2.75) is 31.7 Å². The van der Waals surface area contributed by atoms with Gasteiger partial charge < -0.3 is 19.5 Å². The summed E-state index contributed by atoms with van der Waals surface area (Å²) >= 11 is 0. The fourth-order valence-corrected chi connectivity index (χ4v) is 3.44. The normalized spacial score (nSPS) is 16.3. The molecule has 0 aliphatic carbocycles. The third-order valence-electron chi connectivity index (χ3n) is 4.97. The molecule has 1 N–H and O–H groups in total. The van der Waals surface area contributed by atoms with Gasteiger partial charge in [0.2, 0.25) is 5.89 Å². The van der Waals surface area contributed by atoms with E-state index in [0.717, 1.165) is 24.9 Å². The molecule has 1 atom stereocenters. The first-order chi connectivity index (χ1) is 14.7. The van der Waals surface area contributed by atoms with Gasteiger partial charge in [0.25, 0.3) is 0 Å². The number of ether oxygens (including phenoxy) is 1. The van der Waals surface area contributed by atoms with Crippen LogP contribution in [0.4, 0.5) is 14.9 Å². The van der Waals surface area contributed by atoms with E-state index >= 15 is 0 Å². The van der Waals surface area contributed by atoms with E-state index in [0.29, 0.717) is 37.0 Å². The molecule has 0 radical (unpaired) electrons. The lowest BCUT2D eigenvalue weighted by Crippen LogP contribution is -2.41. The third kappa shape index (κ3) is 4.94. The van der Waals surface area contributed by atoms with Gasteiger partial charge in [-0.3, -0.25) is 0 Å². The first kappa shape index (κ1) is 19.9. The zero-order chi connectivity index (χ0) is 20.8.